The van der Waals surface area contributed by atoms with Gasteiger partial charge in [-0.25, -0.2) is 21.8 Å². The van der Waals surface area contributed by atoms with E-state index in [-0.39, 0.29) is 27.7 Å². The summed E-state index contributed by atoms with van der Waals surface area (Å²) in [4.78, 5) is 15.7. The summed E-state index contributed by atoms with van der Waals surface area (Å²) in [5.41, 5.74) is 1.29. The number of amides is 1. The molecule has 10 heteroatoms. The van der Waals surface area contributed by atoms with Crippen LogP contribution >= 0.6 is 15.9 Å². The van der Waals surface area contributed by atoms with Gasteiger partial charge >= 0.3 is 0 Å². The maximum Gasteiger partial charge on any atom is 0.269 e. The molecule has 1 amide bonds. The van der Waals surface area contributed by atoms with Crippen LogP contribution in [0.1, 0.15) is 5.56 Å². The number of nitrogens with zero attached hydrogens (tertiary/aromatic N) is 2. The summed E-state index contributed by atoms with van der Waals surface area (Å²) in [6.07, 6.45) is 3.83. The van der Waals surface area contributed by atoms with E-state index in [1.165, 1.54) is 42.7 Å². The smallest absolute Gasteiger partial charge is 0.269 e. The molecule has 0 atom stereocenters. The zero-order valence-electron chi connectivity index (χ0n) is 17.2. The third-order valence-electron chi connectivity index (χ3n) is 4.75. The molecule has 0 aliphatic heterocycles. The number of anilines is 1. The van der Waals surface area contributed by atoms with Crippen LogP contribution in [0.2, 0.25) is 0 Å². The summed E-state index contributed by atoms with van der Waals surface area (Å²) in [5.74, 6) is -1.10. The van der Waals surface area contributed by atoms with Crippen LogP contribution in [0, 0.1) is 12.7 Å². The van der Waals surface area contributed by atoms with Gasteiger partial charge in [-0.1, -0.05) is 24.3 Å². The predicted molar refractivity (Wildman–Crippen MR) is 126 cm³/mol. The third-order valence-corrected chi connectivity index (χ3v) is 7.02. The van der Waals surface area contributed by atoms with E-state index in [1.807, 2.05) is 6.92 Å². The Labute approximate surface area is 197 Å². The molecule has 0 unspecified atom stereocenters. The standard InChI is InChI=1S/C23H17BrFN3O4S/c1-3-21(29)27-15-6-9-19(18(25)12-15)32-20-10-11-26-23-22(20)17(24)13-28(23)33(30,31)16-7-4-14(2)5-8-16/h3-13H,1H2,2H3,(H,27,29). The Bertz CT molecular complexity index is 1500. The van der Waals surface area contributed by atoms with Gasteiger partial charge in [-0.15, -0.1) is 0 Å². The fourth-order valence-electron chi connectivity index (χ4n) is 3.12. The topological polar surface area (TPSA) is 90.3 Å². The van der Waals surface area contributed by atoms with Crippen LogP contribution in [0.3, 0.4) is 0 Å². The SMILES string of the molecule is C=CC(=O)Nc1ccc(Oc2ccnc3c2c(Br)cn3S(=O)(=O)c2ccc(C)cc2)c(F)c1. The van der Waals surface area contributed by atoms with Crippen molar-refractivity contribution < 1.29 is 22.3 Å². The van der Waals surface area contributed by atoms with Crippen molar-refractivity contribution in [3.8, 4) is 11.5 Å². The molecule has 2 heterocycles. The fourth-order valence-corrected chi connectivity index (χ4v) is 5.15. The molecule has 0 fully saturated rings. The van der Waals surface area contributed by atoms with Crippen molar-refractivity contribution >= 4 is 48.6 Å². The van der Waals surface area contributed by atoms with Gasteiger partial charge in [-0.3, -0.25) is 4.79 Å². The number of hydrogen-bond acceptors (Lipinski definition) is 5. The summed E-state index contributed by atoms with van der Waals surface area (Å²) >= 11 is 3.37. The Morgan fingerprint density at radius 1 is 1.18 bits per heavy atom. The number of carbonyl (C=O) groups excluding carboxylic acids is 1. The first-order valence-corrected chi connectivity index (χ1v) is 11.8. The molecule has 168 valence electrons. The van der Waals surface area contributed by atoms with Crippen molar-refractivity contribution in [2.24, 2.45) is 0 Å². The number of carbonyl (C=O) groups is 1. The molecule has 4 aromatic rings. The van der Waals surface area contributed by atoms with Gasteiger partial charge in [0.25, 0.3) is 10.0 Å². The van der Waals surface area contributed by atoms with E-state index in [9.17, 15) is 17.6 Å². The van der Waals surface area contributed by atoms with Gasteiger partial charge in [0.1, 0.15) is 5.75 Å². The van der Waals surface area contributed by atoms with Crippen LogP contribution < -0.4 is 10.1 Å². The van der Waals surface area contributed by atoms with Crippen LogP contribution in [0.15, 0.2) is 82.9 Å². The summed E-state index contributed by atoms with van der Waals surface area (Å²) in [5, 5.41) is 2.82. The zero-order chi connectivity index (χ0) is 23.8. The molecule has 0 saturated heterocycles. The second-order valence-electron chi connectivity index (χ2n) is 7.04. The lowest BCUT2D eigenvalue weighted by Crippen LogP contribution is -2.12. The number of pyridine rings is 1. The normalized spacial score (nSPS) is 11.4. The van der Waals surface area contributed by atoms with Crippen molar-refractivity contribution in [3.63, 3.8) is 0 Å². The molecule has 0 bridgehead atoms. The van der Waals surface area contributed by atoms with Gasteiger partial charge in [0.15, 0.2) is 17.2 Å². The number of halogens is 2. The zero-order valence-corrected chi connectivity index (χ0v) is 19.7. The quantitative estimate of drug-likeness (QED) is 0.337. The number of rotatable bonds is 6. The second-order valence-corrected chi connectivity index (χ2v) is 9.71. The molecule has 7 nitrogen and oxygen atoms in total. The number of nitrogens with one attached hydrogen (secondary N) is 1. The lowest BCUT2D eigenvalue weighted by molar-refractivity contribution is -0.111. The fraction of sp³-hybridized carbons (Fsp3) is 0.0435. The largest absolute Gasteiger partial charge is 0.453 e. The summed E-state index contributed by atoms with van der Waals surface area (Å²) in [6, 6.07) is 11.9. The highest BCUT2D eigenvalue weighted by Gasteiger charge is 2.24. The molecule has 0 spiro atoms. The minimum atomic E-state index is -3.93. The number of aryl methyl sites for hydroxylation is 1. The van der Waals surface area contributed by atoms with Crippen LogP contribution in [-0.4, -0.2) is 23.3 Å². The van der Waals surface area contributed by atoms with Crippen molar-refractivity contribution in [1.29, 1.82) is 0 Å². The third kappa shape index (κ3) is 4.39. The molecular weight excluding hydrogens is 513 g/mol. The minimum Gasteiger partial charge on any atom is -0.453 e. The van der Waals surface area contributed by atoms with Crippen molar-refractivity contribution in [2.75, 3.05) is 5.32 Å². The number of hydrogen-bond donors (Lipinski definition) is 1. The Balaban J connectivity index is 1.74. The van der Waals surface area contributed by atoms with E-state index in [0.717, 1.165) is 21.7 Å². The van der Waals surface area contributed by atoms with Crippen LogP contribution in [0.5, 0.6) is 11.5 Å². The van der Waals surface area contributed by atoms with E-state index >= 15 is 0 Å². The first-order valence-electron chi connectivity index (χ1n) is 9.59. The van der Waals surface area contributed by atoms with Crippen LogP contribution in [0.25, 0.3) is 11.0 Å². The first-order chi connectivity index (χ1) is 15.7. The molecule has 4 rings (SSSR count). The van der Waals surface area contributed by atoms with Crippen molar-refractivity contribution in [1.82, 2.24) is 8.96 Å². The van der Waals surface area contributed by atoms with Gasteiger partial charge in [0, 0.05) is 28.6 Å². The number of fused-ring (bicyclic) bond motifs is 1. The molecule has 2 aromatic heterocycles. The van der Waals surface area contributed by atoms with Crippen molar-refractivity contribution in [3.05, 3.63) is 89.4 Å². The average molecular weight is 530 g/mol. The maximum absolute atomic E-state index is 14.6. The summed E-state index contributed by atoms with van der Waals surface area (Å²) in [6.45, 7) is 5.21. The van der Waals surface area contributed by atoms with E-state index in [4.69, 9.17) is 4.74 Å². The molecule has 0 aliphatic rings. The van der Waals surface area contributed by atoms with Crippen LogP contribution in [-0.2, 0) is 14.8 Å². The summed E-state index contributed by atoms with van der Waals surface area (Å²) in [7, 11) is -3.93. The van der Waals surface area contributed by atoms with E-state index in [0.29, 0.717) is 9.86 Å². The van der Waals surface area contributed by atoms with Crippen LogP contribution in [0.4, 0.5) is 10.1 Å². The van der Waals surface area contributed by atoms with Crippen molar-refractivity contribution in [2.45, 2.75) is 11.8 Å². The number of benzene rings is 2. The second kappa shape index (κ2) is 8.80. The molecule has 0 radical (unpaired) electrons. The van der Waals surface area contributed by atoms with Gasteiger partial charge in [-0.2, -0.15) is 0 Å². The van der Waals surface area contributed by atoms with Gasteiger partial charge in [0.05, 0.1) is 10.3 Å². The maximum atomic E-state index is 14.6. The Morgan fingerprint density at radius 3 is 2.58 bits per heavy atom. The molecule has 0 saturated carbocycles. The minimum absolute atomic E-state index is 0.105. The number of aromatic nitrogens is 2. The average Bonchev–Trinajstić information content (AvgIpc) is 3.14. The first kappa shape index (κ1) is 22.7. The molecule has 1 N–H and O–H groups in total. The molecule has 2 aromatic carbocycles. The van der Waals surface area contributed by atoms with Gasteiger partial charge in [0.2, 0.25) is 5.91 Å². The van der Waals surface area contributed by atoms with E-state index in [1.54, 1.807) is 12.1 Å². The highest BCUT2D eigenvalue weighted by molar-refractivity contribution is 9.10. The molecule has 33 heavy (non-hydrogen) atoms. The lowest BCUT2D eigenvalue weighted by Gasteiger charge is -2.11. The highest BCUT2D eigenvalue weighted by atomic mass is 79.9. The van der Waals surface area contributed by atoms with E-state index < -0.39 is 21.7 Å². The molecular formula is C23H17BrFN3O4S. The van der Waals surface area contributed by atoms with Gasteiger partial charge in [-0.05, 0) is 59.3 Å². The highest BCUT2D eigenvalue weighted by Crippen LogP contribution is 2.37. The Morgan fingerprint density at radius 2 is 1.91 bits per heavy atom. The molecule has 0 aliphatic carbocycles. The Kier molecular flexibility index (Phi) is 6.05. The lowest BCUT2D eigenvalue weighted by atomic mass is 10.2. The van der Waals surface area contributed by atoms with Gasteiger partial charge < -0.3 is 10.1 Å². The summed E-state index contributed by atoms with van der Waals surface area (Å²) < 4.78 is 48.2. The number of ether oxygens (including phenoxy) is 1. The van der Waals surface area contributed by atoms with E-state index in [2.05, 4.69) is 32.8 Å². The monoisotopic (exact) mass is 529 g/mol. The predicted octanol–water partition coefficient (Wildman–Crippen LogP) is 5.40. The Hall–Kier alpha value is -3.50.